The van der Waals surface area contributed by atoms with Gasteiger partial charge < -0.3 is 14.8 Å². The molecule has 0 heterocycles. The molecule has 1 aliphatic rings. The van der Waals surface area contributed by atoms with Crippen LogP contribution in [0.1, 0.15) is 30.5 Å². The molecule has 0 aromatic heterocycles. The highest BCUT2D eigenvalue weighted by Crippen LogP contribution is 2.37. The molecule has 2 aromatic carbocycles. The van der Waals surface area contributed by atoms with Gasteiger partial charge in [-0.25, -0.2) is 0 Å². The minimum Gasteiger partial charge on any atom is -0.497 e. The van der Waals surface area contributed by atoms with Gasteiger partial charge in [-0.05, 0) is 55.2 Å². The average molecular weight is 325 g/mol. The third-order valence-electron chi connectivity index (χ3n) is 4.52. The summed E-state index contributed by atoms with van der Waals surface area (Å²) >= 11 is 0. The van der Waals surface area contributed by atoms with Gasteiger partial charge in [0, 0.05) is 5.69 Å². The predicted octanol–water partition coefficient (Wildman–Crippen LogP) is 3.97. The number of anilines is 1. The lowest BCUT2D eigenvalue weighted by Crippen LogP contribution is -2.33. The van der Waals surface area contributed by atoms with Gasteiger partial charge in [0.25, 0.3) is 0 Å². The number of hydrogen-bond acceptors (Lipinski definition) is 4. The van der Waals surface area contributed by atoms with Crippen LogP contribution in [0, 0.1) is 5.92 Å². The highest BCUT2D eigenvalue weighted by molar-refractivity contribution is 5.75. The Morgan fingerprint density at radius 3 is 2.62 bits per heavy atom. The number of fused-ring (bicyclic) bond motifs is 1. The van der Waals surface area contributed by atoms with Gasteiger partial charge in [-0.3, -0.25) is 4.79 Å². The second-order valence-corrected chi connectivity index (χ2v) is 5.95. The van der Waals surface area contributed by atoms with Crippen LogP contribution in [0.15, 0.2) is 48.5 Å². The molecule has 24 heavy (non-hydrogen) atoms. The first kappa shape index (κ1) is 16.4. The van der Waals surface area contributed by atoms with Crippen LogP contribution in [0.25, 0.3) is 0 Å². The van der Waals surface area contributed by atoms with Gasteiger partial charge in [-0.2, -0.15) is 0 Å². The Morgan fingerprint density at radius 2 is 1.92 bits per heavy atom. The molecule has 0 fully saturated rings. The Hall–Kier alpha value is -2.49. The molecule has 4 heteroatoms. The molecule has 0 amide bonds. The standard InChI is InChI=1S/C20H23NO3/c1-3-24-20(22)18-13-8-14-6-4-5-7-17(14)19(18)21-15-9-11-16(23-2)12-10-15/h4-7,9-12,18-19,21H,3,8,13H2,1-2H3/t18-,19+/m1/s1. The molecule has 0 aliphatic heterocycles. The van der Waals surface area contributed by atoms with E-state index >= 15 is 0 Å². The Kier molecular flexibility index (Phi) is 5.04. The summed E-state index contributed by atoms with van der Waals surface area (Å²) in [7, 11) is 1.65. The summed E-state index contributed by atoms with van der Waals surface area (Å²) in [4.78, 5) is 12.4. The first-order chi connectivity index (χ1) is 11.7. The van der Waals surface area contributed by atoms with Gasteiger partial charge in [0.2, 0.25) is 0 Å². The lowest BCUT2D eigenvalue weighted by molar-refractivity contribution is -0.149. The van der Waals surface area contributed by atoms with E-state index in [1.165, 1.54) is 11.1 Å². The number of hydrogen-bond donors (Lipinski definition) is 1. The van der Waals surface area contributed by atoms with E-state index in [9.17, 15) is 4.79 Å². The fourth-order valence-electron chi connectivity index (χ4n) is 3.31. The quantitative estimate of drug-likeness (QED) is 0.845. The number of carbonyl (C=O) groups is 1. The van der Waals surface area contributed by atoms with Crippen LogP contribution < -0.4 is 10.1 Å². The molecule has 126 valence electrons. The molecule has 0 radical (unpaired) electrons. The summed E-state index contributed by atoms with van der Waals surface area (Å²) in [6.45, 7) is 2.26. The molecule has 3 rings (SSSR count). The number of esters is 1. The van der Waals surface area contributed by atoms with Gasteiger partial charge in [0.15, 0.2) is 0 Å². The van der Waals surface area contributed by atoms with Gasteiger partial charge in [0.1, 0.15) is 5.75 Å². The van der Waals surface area contributed by atoms with Gasteiger partial charge in [0.05, 0.1) is 25.7 Å². The second kappa shape index (κ2) is 7.39. The van der Waals surface area contributed by atoms with Gasteiger partial charge in [-0.1, -0.05) is 24.3 Å². The minimum atomic E-state index is -0.179. The van der Waals surface area contributed by atoms with Crippen molar-refractivity contribution in [2.45, 2.75) is 25.8 Å². The van der Waals surface area contributed by atoms with Crippen LogP contribution in [-0.2, 0) is 16.0 Å². The average Bonchev–Trinajstić information content (AvgIpc) is 2.63. The van der Waals surface area contributed by atoms with Crippen molar-refractivity contribution in [1.82, 2.24) is 0 Å². The SMILES string of the molecule is CCOC(=O)[C@@H]1CCc2ccccc2[C@@H]1Nc1ccc(OC)cc1. The number of methoxy groups -OCH3 is 1. The Labute approximate surface area is 142 Å². The van der Waals surface area contributed by atoms with E-state index in [1.54, 1.807) is 7.11 Å². The molecule has 0 saturated carbocycles. The van der Waals surface area contributed by atoms with E-state index < -0.39 is 0 Å². The van der Waals surface area contributed by atoms with Crippen LogP contribution in [0.2, 0.25) is 0 Å². The van der Waals surface area contributed by atoms with Crippen molar-refractivity contribution in [2.75, 3.05) is 19.0 Å². The molecule has 0 bridgehead atoms. The van der Waals surface area contributed by atoms with E-state index in [1.807, 2.05) is 43.3 Å². The summed E-state index contributed by atoms with van der Waals surface area (Å²) in [5.41, 5.74) is 3.44. The molecule has 4 nitrogen and oxygen atoms in total. The summed E-state index contributed by atoms with van der Waals surface area (Å²) < 4.78 is 10.5. The van der Waals surface area contributed by atoms with Crippen molar-refractivity contribution in [3.8, 4) is 5.75 Å². The number of benzene rings is 2. The Balaban J connectivity index is 1.90. The van der Waals surface area contributed by atoms with E-state index in [0.29, 0.717) is 6.61 Å². The largest absolute Gasteiger partial charge is 0.497 e. The summed E-state index contributed by atoms with van der Waals surface area (Å²) in [6, 6.07) is 16.0. The lowest BCUT2D eigenvalue weighted by atomic mass is 9.79. The zero-order valence-corrected chi connectivity index (χ0v) is 14.1. The van der Waals surface area contributed by atoms with Crippen molar-refractivity contribution in [2.24, 2.45) is 5.92 Å². The predicted molar refractivity (Wildman–Crippen MR) is 94.2 cm³/mol. The minimum absolute atomic E-state index is 0.0811. The summed E-state index contributed by atoms with van der Waals surface area (Å²) in [6.07, 6.45) is 1.70. The third kappa shape index (κ3) is 3.37. The smallest absolute Gasteiger partial charge is 0.311 e. The molecule has 0 spiro atoms. The van der Waals surface area contributed by atoms with Crippen LogP contribution >= 0.6 is 0 Å². The fraction of sp³-hybridized carbons (Fsp3) is 0.350. The van der Waals surface area contributed by atoms with Gasteiger partial charge >= 0.3 is 5.97 Å². The first-order valence-electron chi connectivity index (χ1n) is 8.38. The van der Waals surface area contributed by atoms with E-state index in [-0.39, 0.29) is 17.9 Å². The zero-order chi connectivity index (χ0) is 16.9. The van der Waals surface area contributed by atoms with Crippen LogP contribution in [0.4, 0.5) is 5.69 Å². The van der Waals surface area contributed by atoms with Crippen molar-refractivity contribution in [3.63, 3.8) is 0 Å². The molecule has 0 unspecified atom stereocenters. The van der Waals surface area contributed by atoms with Gasteiger partial charge in [-0.15, -0.1) is 0 Å². The van der Waals surface area contributed by atoms with Crippen LogP contribution in [0.5, 0.6) is 5.75 Å². The number of carbonyl (C=O) groups excluding carboxylic acids is 1. The number of nitrogens with one attached hydrogen (secondary N) is 1. The third-order valence-corrected chi connectivity index (χ3v) is 4.52. The first-order valence-corrected chi connectivity index (χ1v) is 8.38. The normalized spacial score (nSPS) is 19.2. The van der Waals surface area contributed by atoms with Crippen molar-refractivity contribution in [3.05, 3.63) is 59.7 Å². The van der Waals surface area contributed by atoms with E-state index in [0.717, 1.165) is 24.3 Å². The number of rotatable bonds is 5. The summed E-state index contributed by atoms with van der Waals surface area (Å²) in [5, 5.41) is 3.52. The Morgan fingerprint density at radius 1 is 1.17 bits per heavy atom. The fourth-order valence-corrected chi connectivity index (χ4v) is 3.31. The molecule has 0 saturated heterocycles. The Bertz CT molecular complexity index is 696. The van der Waals surface area contributed by atoms with Crippen molar-refractivity contribution >= 4 is 11.7 Å². The van der Waals surface area contributed by atoms with Crippen molar-refractivity contribution in [1.29, 1.82) is 0 Å². The van der Waals surface area contributed by atoms with E-state index in [2.05, 4.69) is 17.4 Å². The maximum Gasteiger partial charge on any atom is 0.311 e. The maximum atomic E-state index is 12.4. The second-order valence-electron chi connectivity index (χ2n) is 5.95. The summed E-state index contributed by atoms with van der Waals surface area (Å²) in [5.74, 6) is 0.506. The molecule has 1 aliphatic carbocycles. The molecule has 1 N–H and O–H groups in total. The lowest BCUT2D eigenvalue weighted by Gasteiger charge is -2.33. The topological polar surface area (TPSA) is 47.6 Å². The van der Waals surface area contributed by atoms with Crippen LogP contribution in [0.3, 0.4) is 0 Å². The molecule has 2 aromatic rings. The van der Waals surface area contributed by atoms with E-state index in [4.69, 9.17) is 9.47 Å². The zero-order valence-electron chi connectivity index (χ0n) is 14.1. The monoisotopic (exact) mass is 325 g/mol. The maximum absolute atomic E-state index is 12.4. The highest BCUT2D eigenvalue weighted by atomic mass is 16.5. The molecule has 2 atom stereocenters. The van der Waals surface area contributed by atoms with Crippen LogP contribution in [-0.4, -0.2) is 19.7 Å². The van der Waals surface area contributed by atoms with Crippen molar-refractivity contribution < 1.29 is 14.3 Å². The molecular formula is C20H23NO3. The molecular weight excluding hydrogens is 302 g/mol. The highest BCUT2D eigenvalue weighted by Gasteiger charge is 2.35. The number of ether oxygens (including phenoxy) is 2. The number of aryl methyl sites for hydroxylation is 1.